The van der Waals surface area contributed by atoms with E-state index in [9.17, 15) is 13.6 Å². The molecule has 0 unspecified atom stereocenters. The number of hydrogen-bond donors (Lipinski definition) is 1. The van der Waals surface area contributed by atoms with E-state index in [2.05, 4.69) is 14.8 Å². The highest BCUT2D eigenvalue weighted by Gasteiger charge is 2.24. The van der Waals surface area contributed by atoms with Crippen LogP contribution < -0.4 is 5.69 Å². The fraction of sp³-hybridized carbons (Fsp3) is 0.280. The second-order valence-electron chi connectivity index (χ2n) is 8.88. The Bertz CT molecular complexity index is 1570. The molecule has 1 saturated carbocycles. The summed E-state index contributed by atoms with van der Waals surface area (Å²) in [4.78, 5) is 13.0. The van der Waals surface area contributed by atoms with Crippen molar-refractivity contribution in [1.82, 2.24) is 23.9 Å². The first-order valence-corrected chi connectivity index (χ1v) is 11.2. The van der Waals surface area contributed by atoms with Gasteiger partial charge in [0.2, 0.25) is 0 Å². The van der Waals surface area contributed by atoms with Crippen LogP contribution in [0.1, 0.15) is 38.1 Å². The van der Waals surface area contributed by atoms with E-state index in [0.717, 1.165) is 36.7 Å². The Balaban J connectivity index is 1.62. The Morgan fingerprint density at radius 2 is 1.64 bits per heavy atom. The van der Waals surface area contributed by atoms with Crippen LogP contribution in [0.5, 0.6) is 0 Å². The molecule has 8 heteroatoms. The van der Waals surface area contributed by atoms with Gasteiger partial charge in [-0.2, -0.15) is 5.10 Å². The van der Waals surface area contributed by atoms with Gasteiger partial charge in [-0.3, -0.25) is 0 Å². The van der Waals surface area contributed by atoms with Gasteiger partial charge in [0.15, 0.2) is 5.82 Å². The third kappa shape index (κ3) is 3.12. The fourth-order valence-corrected chi connectivity index (χ4v) is 5.29. The first kappa shape index (κ1) is 20.0. The molecule has 168 valence electrons. The van der Waals surface area contributed by atoms with E-state index in [4.69, 9.17) is 0 Å². The molecule has 5 aromatic rings. The molecule has 0 bridgehead atoms. The van der Waals surface area contributed by atoms with E-state index in [1.807, 2.05) is 24.0 Å². The first-order chi connectivity index (χ1) is 16.0. The van der Waals surface area contributed by atoms with Crippen LogP contribution in [0.2, 0.25) is 0 Å². The lowest BCUT2D eigenvalue weighted by Crippen LogP contribution is -2.16. The molecule has 1 N–H and O–H groups in total. The van der Waals surface area contributed by atoms with Crippen molar-refractivity contribution in [3.05, 3.63) is 70.9 Å². The summed E-state index contributed by atoms with van der Waals surface area (Å²) in [5, 5.41) is 8.14. The lowest BCUT2D eigenvalue weighted by atomic mass is 9.95. The number of rotatable bonds is 3. The summed E-state index contributed by atoms with van der Waals surface area (Å²) in [6, 6.07) is 9.56. The molecule has 1 aliphatic carbocycles. The van der Waals surface area contributed by atoms with Crippen molar-refractivity contribution in [2.75, 3.05) is 0 Å². The number of H-pyrrole nitrogens is 1. The van der Waals surface area contributed by atoms with Gasteiger partial charge in [-0.1, -0.05) is 19.3 Å². The number of aromatic amines is 1. The van der Waals surface area contributed by atoms with Gasteiger partial charge in [0, 0.05) is 47.3 Å². The molecule has 0 spiro atoms. The summed E-state index contributed by atoms with van der Waals surface area (Å²) < 4.78 is 33.9. The summed E-state index contributed by atoms with van der Waals surface area (Å²) in [5.41, 5.74) is 2.48. The molecule has 0 atom stereocenters. The number of aromatic nitrogens is 5. The van der Waals surface area contributed by atoms with Crippen LogP contribution in [-0.2, 0) is 7.05 Å². The second-order valence-corrected chi connectivity index (χ2v) is 8.88. The van der Waals surface area contributed by atoms with Crippen LogP contribution in [0.15, 0.2) is 53.6 Å². The van der Waals surface area contributed by atoms with Crippen LogP contribution >= 0.6 is 0 Å². The predicted octanol–water partition coefficient (Wildman–Crippen LogP) is 5.46. The highest BCUT2D eigenvalue weighted by Crippen LogP contribution is 2.36. The Labute approximate surface area is 188 Å². The molecule has 6 nitrogen and oxygen atoms in total. The van der Waals surface area contributed by atoms with Gasteiger partial charge in [-0.05, 0) is 49.2 Å². The van der Waals surface area contributed by atoms with E-state index >= 15 is 0 Å². The molecular formula is C25H23F2N5O. The summed E-state index contributed by atoms with van der Waals surface area (Å²) in [6.45, 7) is 0. The summed E-state index contributed by atoms with van der Waals surface area (Å²) in [7, 11) is 1.86. The lowest BCUT2D eigenvalue weighted by molar-refractivity contribution is 0.361. The van der Waals surface area contributed by atoms with Crippen molar-refractivity contribution >= 4 is 21.8 Å². The lowest BCUT2D eigenvalue weighted by Gasteiger charge is -2.24. The Morgan fingerprint density at radius 1 is 0.939 bits per heavy atom. The van der Waals surface area contributed by atoms with Crippen LogP contribution in [0.4, 0.5) is 8.78 Å². The van der Waals surface area contributed by atoms with Crippen molar-refractivity contribution in [3.8, 4) is 17.1 Å². The topological polar surface area (TPSA) is 60.5 Å². The number of fused-ring (bicyclic) bond motifs is 2. The molecule has 1 aliphatic rings. The quantitative estimate of drug-likeness (QED) is 0.399. The minimum atomic E-state index is -0.426. The number of halogens is 2. The molecule has 0 radical (unpaired) electrons. The number of aryl methyl sites for hydroxylation is 1. The standard InChI is InChI=1S/C25H23F2N5O/c1-30-13-20(18-11-15(26)7-9-21(18)30)24-28-29-25(33)32(24)23-14-31(17-5-3-2-4-6-17)22-10-8-16(27)12-19(22)23/h7-14,17H,2-6H2,1H3,(H,29,33). The van der Waals surface area contributed by atoms with Crippen LogP contribution in [-0.4, -0.2) is 23.9 Å². The highest BCUT2D eigenvalue weighted by atomic mass is 19.1. The molecule has 0 aliphatic heterocycles. The van der Waals surface area contributed by atoms with E-state index in [0.29, 0.717) is 33.9 Å². The van der Waals surface area contributed by atoms with Gasteiger partial charge in [0.1, 0.15) is 11.6 Å². The molecule has 0 amide bonds. The maximum atomic E-state index is 14.3. The Hall–Kier alpha value is -3.68. The molecule has 33 heavy (non-hydrogen) atoms. The van der Waals surface area contributed by atoms with Crippen LogP contribution in [0, 0.1) is 11.6 Å². The summed E-state index contributed by atoms with van der Waals surface area (Å²) in [5.74, 6) is -0.367. The van der Waals surface area contributed by atoms with Gasteiger partial charge in [-0.15, -0.1) is 0 Å². The van der Waals surface area contributed by atoms with Gasteiger partial charge in [0.05, 0.1) is 11.2 Å². The smallest absolute Gasteiger partial charge is 0.348 e. The number of nitrogens with one attached hydrogen (secondary N) is 1. The zero-order valence-corrected chi connectivity index (χ0v) is 18.2. The SMILES string of the molecule is Cn1cc(-c2n[nH]c(=O)n2-c2cn(C3CCCCC3)c3ccc(F)cc23)c2cc(F)ccc21. The normalized spacial score (nSPS) is 15.1. The van der Waals surface area contributed by atoms with E-state index in [1.54, 1.807) is 12.1 Å². The largest absolute Gasteiger partial charge is 0.350 e. The zero-order chi connectivity index (χ0) is 22.7. The van der Waals surface area contributed by atoms with E-state index < -0.39 is 5.69 Å². The van der Waals surface area contributed by atoms with E-state index in [1.165, 1.54) is 35.3 Å². The number of nitrogens with zero attached hydrogens (tertiary/aromatic N) is 4. The zero-order valence-electron chi connectivity index (χ0n) is 18.2. The van der Waals surface area contributed by atoms with Gasteiger partial charge in [0.25, 0.3) is 0 Å². The monoisotopic (exact) mass is 447 g/mol. The fourth-order valence-electron chi connectivity index (χ4n) is 5.29. The number of hydrogen-bond acceptors (Lipinski definition) is 2. The van der Waals surface area contributed by atoms with Crippen LogP contribution in [0.25, 0.3) is 38.9 Å². The maximum Gasteiger partial charge on any atom is 0.348 e. The molecule has 0 saturated heterocycles. The molecule has 6 rings (SSSR count). The average molecular weight is 447 g/mol. The van der Waals surface area contributed by atoms with Gasteiger partial charge >= 0.3 is 5.69 Å². The molecule has 3 aromatic heterocycles. The maximum absolute atomic E-state index is 14.3. The van der Waals surface area contributed by atoms with Crippen molar-refractivity contribution in [1.29, 1.82) is 0 Å². The van der Waals surface area contributed by atoms with Gasteiger partial charge < -0.3 is 9.13 Å². The molecule has 3 heterocycles. The minimum absolute atomic E-state index is 0.304. The Kier molecular flexibility index (Phi) is 4.50. The van der Waals surface area contributed by atoms with Crippen molar-refractivity contribution in [2.45, 2.75) is 38.1 Å². The number of benzene rings is 2. The third-order valence-corrected chi connectivity index (χ3v) is 6.85. The minimum Gasteiger partial charge on any atom is -0.350 e. The predicted molar refractivity (Wildman–Crippen MR) is 124 cm³/mol. The Morgan fingerprint density at radius 3 is 2.39 bits per heavy atom. The summed E-state index contributed by atoms with van der Waals surface area (Å²) >= 11 is 0. The average Bonchev–Trinajstić information content (AvgIpc) is 3.47. The highest BCUT2D eigenvalue weighted by molar-refractivity contribution is 5.96. The third-order valence-electron chi connectivity index (χ3n) is 6.85. The first-order valence-electron chi connectivity index (χ1n) is 11.2. The van der Waals surface area contributed by atoms with Crippen molar-refractivity contribution < 1.29 is 8.78 Å². The molecule has 1 fully saturated rings. The van der Waals surface area contributed by atoms with Crippen molar-refractivity contribution in [2.24, 2.45) is 7.05 Å². The van der Waals surface area contributed by atoms with Gasteiger partial charge in [-0.25, -0.2) is 23.2 Å². The van der Waals surface area contributed by atoms with Crippen LogP contribution in [0.3, 0.4) is 0 Å². The van der Waals surface area contributed by atoms with Crippen molar-refractivity contribution in [3.63, 3.8) is 0 Å². The second kappa shape index (κ2) is 7.43. The molecular weight excluding hydrogens is 424 g/mol. The summed E-state index contributed by atoms with van der Waals surface area (Å²) in [6.07, 6.45) is 9.40. The van der Waals surface area contributed by atoms with E-state index in [-0.39, 0.29) is 11.6 Å². The molecule has 2 aromatic carbocycles.